The third kappa shape index (κ3) is 3.91. The molecule has 1 amide bonds. The summed E-state index contributed by atoms with van der Waals surface area (Å²) in [6.45, 7) is 2.09. The van der Waals surface area contributed by atoms with Gasteiger partial charge in [-0.15, -0.1) is 0 Å². The number of amides is 1. The summed E-state index contributed by atoms with van der Waals surface area (Å²) in [6, 6.07) is 4.37. The molecule has 17 heavy (non-hydrogen) atoms. The second-order valence-corrected chi connectivity index (χ2v) is 4.46. The van der Waals surface area contributed by atoms with E-state index < -0.39 is 6.10 Å². The maximum absolute atomic E-state index is 11.9. The standard InChI is InChI=1S/C12H16ClNO3/c1-8(15)5-6-14(2)12(17)10-4-3-9(13)7-11(10)16/h3-4,7-8,15-16H,5-6H2,1-2H3. The molecule has 1 atom stereocenters. The first kappa shape index (κ1) is 13.8. The fourth-order valence-corrected chi connectivity index (χ4v) is 1.54. The molecule has 0 bridgehead atoms. The highest BCUT2D eigenvalue weighted by Crippen LogP contribution is 2.22. The molecule has 1 aromatic rings. The first-order valence-electron chi connectivity index (χ1n) is 5.34. The van der Waals surface area contributed by atoms with Crippen LogP contribution in [-0.4, -0.2) is 40.7 Å². The van der Waals surface area contributed by atoms with Gasteiger partial charge in [0.25, 0.3) is 5.91 Å². The molecule has 2 N–H and O–H groups in total. The number of benzene rings is 1. The Labute approximate surface area is 105 Å². The summed E-state index contributed by atoms with van der Waals surface area (Å²) < 4.78 is 0. The van der Waals surface area contributed by atoms with Crippen LogP contribution in [-0.2, 0) is 0 Å². The summed E-state index contributed by atoms with van der Waals surface area (Å²) in [5.74, 6) is -0.425. The molecule has 94 valence electrons. The molecule has 4 nitrogen and oxygen atoms in total. The van der Waals surface area contributed by atoms with Crippen LogP contribution in [0.5, 0.6) is 5.75 Å². The lowest BCUT2D eigenvalue weighted by Crippen LogP contribution is -2.29. The molecule has 0 aromatic heterocycles. The van der Waals surface area contributed by atoms with Crippen molar-refractivity contribution >= 4 is 17.5 Å². The van der Waals surface area contributed by atoms with E-state index in [-0.39, 0.29) is 17.2 Å². The highest BCUT2D eigenvalue weighted by molar-refractivity contribution is 6.30. The van der Waals surface area contributed by atoms with Crippen LogP contribution < -0.4 is 0 Å². The largest absolute Gasteiger partial charge is 0.507 e. The van der Waals surface area contributed by atoms with Crippen LogP contribution in [0.3, 0.4) is 0 Å². The normalized spacial score (nSPS) is 12.2. The predicted molar refractivity (Wildman–Crippen MR) is 66.4 cm³/mol. The van der Waals surface area contributed by atoms with Crippen LogP contribution >= 0.6 is 11.6 Å². The second kappa shape index (κ2) is 5.89. The summed E-state index contributed by atoms with van der Waals surface area (Å²) in [5.41, 5.74) is 0.211. The fourth-order valence-electron chi connectivity index (χ4n) is 1.37. The van der Waals surface area contributed by atoms with E-state index in [4.69, 9.17) is 16.7 Å². The van der Waals surface area contributed by atoms with Crippen molar-refractivity contribution in [2.24, 2.45) is 0 Å². The zero-order valence-electron chi connectivity index (χ0n) is 9.85. The zero-order valence-corrected chi connectivity index (χ0v) is 10.6. The first-order valence-corrected chi connectivity index (χ1v) is 5.71. The molecule has 1 rings (SSSR count). The van der Waals surface area contributed by atoms with E-state index in [0.717, 1.165) is 0 Å². The van der Waals surface area contributed by atoms with Crippen molar-refractivity contribution in [1.82, 2.24) is 4.90 Å². The molecule has 0 spiro atoms. The van der Waals surface area contributed by atoms with Gasteiger partial charge in [0, 0.05) is 18.6 Å². The van der Waals surface area contributed by atoms with Crippen molar-refractivity contribution in [3.05, 3.63) is 28.8 Å². The molecule has 0 radical (unpaired) electrons. The lowest BCUT2D eigenvalue weighted by Gasteiger charge is -2.18. The van der Waals surface area contributed by atoms with E-state index in [0.29, 0.717) is 18.0 Å². The van der Waals surface area contributed by atoms with Gasteiger partial charge < -0.3 is 15.1 Å². The Bertz CT molecular complexity index is 407. The Morgan fingerprint density at radius 1 is 1.53 bits per heavy atom. The topological polar surface area (TPSA) is 60.8 Å². The number of nitrogens with zero attached hydrogens (tertiary/aromatic N) is 1. The summed E-state index contributed by atoms with van der Waals surface area (Å²) >= 11 is 5.69. The summed E-state index contributed by atoms with van der Waals surface area (Å²) in [7, 11) is 1.62. The van der Waals surface area contributed by atoms with E-state index >= 15 is 0 Å². The van der Waals surface area contributed by atoms with Gasteiger partial charge in [0.2, 0.25) is 0 Å². The molecule has 0 saturated heterocycles. The number of aliphatic hydroxyl groups excluding tert-OH is 1. The molecule has 1 aromatic carbocycles. The number of phenolic OH excluding ortho intramolecular Hbond substituents is 1. The number of carbonyl (C=O) groups excluding carboxylic acids is 1. The van der Waals surface area contributed by atoms with Crippen LogP contribution in [0.2, 0.25) is 5.02 Å². The Balaban J connectivity index is 2.75. The summed E-state index contributed by atoms with van der Waals surface area (Å²) in [5, 5.41) is 19.1. The minimum absolute atomic E-state index is 0.133. The number of hydrogen-bond donors (Lipinski definition) is 2. The monoisotopic (exact) mass is 257 g/mol. The quantitative estimate of drug-likeness (QED) is 0.866. The number of rotatable bonds is 4. The SMILES string of the molecule is CC(O)CCN(C)C(=O)c1ccc(Cl)cc1O. The van der Waals surface area contributed by atoms with Gasteiger partial charge in [-0.25, -0.2) is 0 Å². The van der Waals surface area contributed by atoms with E-state index in [1.54, 1.807) is 20.0 Å². The van der Waals surface area contributed by atoms with Crippen molar-refractivity contribution < 1.29 is 15.0 Å². The van der Waals surface area contributed by atoms with E-state index in [2.05, 4.69) is 0 Å². The van der Waals surface area contributed by atoms with E-state index in [1.807, 2.05) is 0 Å². The fraction of sp³-hybridized carbons (Fsp3) is 0.417. The molecular weight excluding hydrogens is 242 g/mol. The Morgan fingerprint density at radius 2 is 2.18 bits per heavy atom. The molecule has 0 heterocycles. The Hall–Kier alpha value is -1.26. The number of halogens is 1. The lowest BCUT2D eigenvalue weighted by molar-refractivity contribution is 0.0766. The highest BCUT2D eigenvalue weighted by atomic mass is 35.5. The van der Waals surface area contributed by atoms with E-state index in [1.165, 1.54) is 17.0 Å². The van der Waals surface area contributed by atoms with Crippen molar-refractivity contribution in [2.45, 2.75) is 19.4 Å². The van der Waals surface area contributed by atoms with Gasteiger partial charge >= 0.3 is 0 Å². The summed E-state index contributed by atoms with van der Waals surface area (Å²) in [6.07, 6.45) is 0.0420. The first-order chi connectivity index (χ1) is 7.91. The maximum Gasteiger partial charge on any atom is 0.257 e. The van der Waals surface area contributed by atoms with Crippen molar-refractivity contribution in [1.29, 1.82) is 0 Å². The van der Waals surface area contributed by atoms with Gasteiger partial charge in [-0.3, -0.25) is 4.79 Å². The van der Waals surface area contributed by atoms with Gasteiger partial charge in [-0.05, 0) is 31.5 Å². The number of carbonyl (C=O) groups is 1. The van der Waals surface area contributed by atoms with Gasteiger partial charge in [-0.1, -0.05) is 11.6 Å². The molecule has 0 fully saturated rings. The molecule has 0 saturated carbocycles. The van der Waals surface area contributed by atoms with Crippen LogP contribution in [0.15, 0.2) is 18.2 Å². The molecule has 0 aliphatic rings. The van der Waals surface area contributed by atoms with Crippen LogP contribution in [0.4, 0.5) is 0 Å². The minimum atomic E-state index is -0.455. The average Bonchev–Trinajstić information content (AvgIpc) is 2.25. The molecule has 1 unspecified atom stereocenters. The molecule has 5 heteroatoms. The second-order valence-electron chi connectivity index (χ2n) is 4.03. The van der Waals surface area contributed by atoms with Gasteiger partial charge in [-0.2, -0.15) is 0 Å². The molecule has 0 aliphatic heterocycles. The maximum atomic E-state index is 11.9. The highest BCUT2D eigenvalue weighted by Gasteiger charge is 2.16. The van der Waals surface area contributed by atoms with Gasteiger partial charge in [0.1, 0.15) is 5.75 Å². The Morgan fingerprint density at radius 3 is 2.71 bits per heavy atom. The minimum Gasteiger partial charge on any atom is -0.507 e. The predicted octanol–water partition coefficient (Wildman–Crippen LogP) is 1.89. The van der Waals surface area contributed by atoms with Crippen molar-refractivity contribution in [2.75, 3.05) is 13.6 Å². The van der Waals surface area contributed by atoms with Gasteiger partial charge in [0.15, 0.2) is 0 Å². The zero-order chi connectivity index (χ0) is 13.0. The van der Waals surface area contributed by atoms with Crippen molar-refractivity contribution in [3.63, 3.8) is 0 Å². The van der Waals surface area contributed by atoms with E-state index in [9.17, 15) is 9.90 Å². The molecule has 0 aliphatic carbocycles. The van der Waals surface area contributed by atoms with Crippen LogP contribution in [0, 0.1) is 0 Å². The third-order valence-electron chi connectivity index (χ3n) is 2.42. The summed E-state index contributed by atoms with van der Waals surface area (Å²) in [4.78, 5) is 13.4. The molecular formula is C12H16ClNO3. The van der Waals surface area contributed by atoms with Crippen molar-refractivity contribution in [3.8, 4) is 5.75 Å². The number of aliphatic hydroxyl groups is 1. The number of phenols is 1. The number of hydrogen-bond acceptors (Lipinski definition) is 3. The van der Waals surface area contributed by atoms with Crippen LogP contribution in [0.1, 0.15) is 23.7 Å². The Kier molecular flexibility index (Phi) is 4.78. The average molecular weight is 258 g/mol. The smallest absolute Gasteiger partial charge is 0.257 e. The lowest BCUT2D eigenvalue weighted by atomic mass is 10.1. The number of aromatic hydroxyl groups is 1. The van der Waals surface area contributed by atoms with Gasteiger partial charge in [0.05, 0.1) is 11.7 Å². The van der Waals surface area contributed by atoms with Crippen LogP contribution in [0.25, 0.3) is 0 Å². The third-order valence-corrected chi connectivity index (χ3v) is 2.65.